The molecule has 2 nitrogen and oxygen atoms in total. The largest absolute Gasteiger partial charge is 0.316 e. The maximum atomic E-state index is 2.35. The molecule has 5 aromatic rings. The first-order chi connectivity index (χ1) is 14.8. The minimum atomic E-state index is 1.26. The minimum Gasteiger partial charge on any atom is -0.316 e. The third-order valence-electron chi connectivity index (χ3n) is 6.76. The van der Waals surface area contributed by atoms with Gasteiger partial charge in [0.15, 0.2) is 6.20 Å². The fraction of sp³-hybridized carbons (Fsp3) is 0.207. The van der Waals surface area contributed by atoms with E-state index in [1.165, 1.54) is 66.6 Å². The van der Waals surface area contributed by atoms with Gasteiger partial charge in [-0.2, -0.15) is 0 Å². The second-order valence-electron chi connectivity index (χ2n) is 8.94. The molecule has 0 aliphatic carbocycles. The van der Waals surface area contributed by atoms with Crippen molar-refractivity contribution >= 4 is 16.4 Å². The summed E-state index contributed by atoms with van der Waals surface area (Å²) < 4.78 is 4.57. The number of aryl methyl sites for hydroxylation is 6. The van der Waals surface area contributed by atoms with Crippen LogP contribution in [0.15, 0.2) is 67.0 Å². The van der Waals surface area contributed by atoms with Crippen LogP contribution in [0.3, 0.4) is 0 Å². The summed E-state index contributed by atoms with van der Waals surface area (Å²) in [7, 11) is 2.13. The molecule has 0 aliphatic rings. The first kappa shape index (κ1) is 19.6. The topological polar surface area (TPSA) is 8.29 Å². The van der Waals surface area contributed by atoms with Gasteiger partial charge in [0.25, 0.3) is 0 Å². The van der Waals surface area contributed by atoms with E-state index < -0.39 is 0 Å². The molecule has 3 aromatic heterocycles. The quantitative estimate of drug-likeness (QED) is 0.286. The lowest BCUT2D eigenvalue weighted by molar-refractivity contribution is -0.660. The lowest BCUT2D eigenvalue weighted by Crippen LogP contribution is -2.31. The van der Waals surface area contributed by atoms with E-state index in [-0.39, 0.29) is 0 Å². The molecule has 3 heterocycles. The van der Waals surface area contributed by atoms with E-state index in [9.17, 15) is 0 Å². The van der Waals surface area contributed by atoms with Crippen molar-refractivity contribution < 1.29 is 4.57 Å². The normalized spacial score (nSPS) is 11.5. The number of rotatable bonds is 2. The maximum Gasteiger partial charge on any atom is 0.212 e. The van der Waals surface area contributed by atoms with Crippen LogP contribution in [0.5, 0.6) is 0 Å². The van der Waals surface area contributed by atoms with E-state index in [1.807, 2.05) is 0 Å². The number of pyridine rings is 2. The summed E-state index contributed by atoms with van der Waals surface area (Å²) in [5, 5.41) is 1.29. The van der Waals surface area contributed by atoms with Crippen LogP contribution in [-0.2, 0) is 7.05 Å². The van der Waals surface area contributed by atoms with Gasteiger partial charge >= 0.3 is 0 Å². The molecule has 0 saturated carbocycles. The highest BCUT2D eigenvalue weighted by atomic mass is 14.9. The van der Waals surface area contributed by atoms with Crippen molar-refractivity contribution in [3.05, 3.63) is 94.8 Å². The maximum absolute atomic E-state index is 2.35. The molecule has 0 bridgehead atoms. The van der Waals surface area contributed by atoms with Crippen LogP contribution in [0.1, 0.15) is 27.8 Å². The molecule has 2 heteroatoms. The Morgan fingerprint density at radius 3 is 2.26 bits per heavy atom. The van der Waals surface area contributed by atoms with Gasteiger partial charge < -0.3 is 4.40 Å². The van der Waals surface area contributed by atoms with Crippen LogP contribution in [-0.4, -0.2) is 4.40 Å². The van der Waals surface area contributed by atoms with E-state index in [4.69, 9.17) is 0 Å². The minimum absolute atomic E-state index is 1.26. The molecule has 0 aliphatic heterocycles. The summed E-state index contributed by atoms with van der Waals surface area (Å²) >= 11 is 0. The molecule has 0 atom stereocenters. The van der Waals surface area contributed by atoms with E-state index in [2.05, 4.69) is 118 Å². The smallest absolute Gasteiger partial charge is 0.212 e. The molecule has 0 radical (unpaired) electrons. The fourth-order valence-electron chi connectivity index (χ4n) is 4.99. The van der Waals surface area contributed by atoms with Crippen molar-refractivity contribution in [3.8, 4) is 22.4 Å². The summed E-state index contributed by atoms with van der Waals surface area (Å²) in [6, 6.07) is 20.1. The molecule has 154 valence electrons. The third kappa shape index (κ3) is 3.06. The van der Waals surface area contributed by atoms with Crippen LogP contribution in [0.25, 0.3) is 38.8 Å². The Balaban J connectivity index is 1.68. The van der Waals surface area contributed by atoms with Gasteiger partial charge in [-0.1, -0.05) is 30.3 Å². The van der Waals surface area contributed by atoms with Gasteiger partial charge in [0, 0.05) is 34.3 Å². The first-order valence-corrected chi connectivity index (χ1v) is 10.9. The number of hydrogen-bond donors (Lipinski definition) is 0. The molecule has 0 saturated heterocycles. The van der Waals surface area contributed by atoms with Crippen molar-refractivity contribution in [1.82, 2.24) is 4.40 Å². The van der Waals surface area contributed by atoms with Crippen LogP contribution in [0.2, 0.25) is 0 Å². The molecule has 5 rings (SSSR count). The molecule has 0 unspecified atom stereocenters. The van der Waals surface area contributed by atoms with Gasteiger partial charge in [0.05, 0.1) is 5.52 Å². The predicted octanol–water partition coefficient (Wildman–Crippen LogP) is 6.79. The third-order valence-corrected chi connectivity index (χ3v) is 6.76. The highest BCUT2D eigenvalue weighted by molar-refractivity contribution is 5.91. The average Bonchev–Trinajstić information content (AvgIpc) is 3.10. The summed E-state index contributed by atoms with van der Waals surface area (Å²) in [5.41, 5.74) is 14.3. The van der Waals surface area contributed by atoms with Crippen LogP contribution in [0.4, 0.5) is 0 Å². The molecule has 2 aromatic carbocycles. The van der Waals surface area contributed by atoms with Crippen molar-refractivity contribution in [2.24, 2.45) is 7.05 Å². The Labute approximate surface area is 184 Å². The van der Waals surface area contributed by atoms with Crippen LogP contribution < -0.4 is 4.57 Å². The lowest BCUT2D eigenvalue weighted by atomic mass is 9.92. The molecular weight excluding hydrogens is 376 g/mol. The molecular formula is C29H29N2+. The Hall–Kier alpha value is -3.39. The standard InChI is InChI=1S/C29H29N2/c1-18-14-28(30(6)16-20(18)3)25-12-11-24(13-19(25)2)29-21(4)17-31-26-10-8-7-9-23(26)15-27(31)22(29)5/h7-17H,1-6H3/q+1. The van der Waals surface area contributed by atoms with Crippen molar-refractivity contribution in [3.63, 3.8) is 0 Å². The molecule has 0 fully saturated rings. The van der Waals surface area contributed by atoms with E-state index in [0.29, 0.717) is 0 Å². The highest BCUT2D eigenvalue weighted by Crippen LogP contribution is 2.35. The Bertz CT molecular complexity index is 1480. The Morgan fingerprint density at radius 2 is 1.48 bits per heavy atom. The van der Waals surface area contributed by atoms with Gasteiger partial charge in [-0.3, -0.25) is 0 Å². The zero-order valence-corrected chi connectivity index (χ0v) is 19.2. The van der Waals surface area contributed by atoms with E-state index >= 15 is 0 Å². The molecule has 0 amide bonds. The fourth-order valence-corrected chi connectivity index (χ4v) is 4.99. The number of benzene rings is 2. The Kier molecular flexibility index (Phi) is 4.48. The van der Waals surface area contributed by atoms with Crippen LogP contribution >= 0.6 is 0 Å². The zero-order chi connectivity index (χ0) is 21.9. The monoisotopic (exact) mass is 405 g/mol. The van der Waals surface area contributed by atoms with Gasteiger partial charge in [0.2, 0.25) is 5.69 Å². The van der Waals surface area contributed by atoms with E-state index in [0.717, 1.165) is 0 Å². The van der Waals surface area contributed by atoms with Gasteiger partial charge in [-0.05, 0) is 86.2 Å². The van der Waals surface area contributed by atoms with Gasteiger partial charge in [-0.15, -0.1) is 0 Å². The molecule has 0 spiro atoms. The number of para-hydroxylation sites is 1. The lowest BCUT2D eigenvalue weighted by Gasteiger charge is -2.15. The van der Waals surface area contributed by atoms with Crippen molar-refractivity contribution in [1.29, 1.82) is 0 Å². The zero-order valence-electron chi connectivity index (χ0n) is 19.2. The van der Waals surface area contributed by atoms with Crippen molar-refractivity contribution in [2.75, 3.05) is 0 Å². The summed E-state index contributed by atoms with van der Waals surface area (Å²) in [6.45, 7) is 11.1. The number of aromatic nitrogens is 2. The highest BCUT2D eigenvalue weighted by Gasteiger charge is 2.17. The first-order valence-electron chi connectivity index (χ1n) is 10.9. The second kappa shape index (κ2) is 7.09. The number of hydrogen-bond acceptors (Lipinski definition) is 0. The van der Waals surface area contributed by atoms with E-state index in [1.54, 1.807) is 0 Å². The SMILES string of the molecule is Cc1cc(-c2ccc(-c3c(C)cn4c(cc5ccccc54)c3C)cc2C)[n+](C)cc1C. The number of fused-ring (bicyclic) bond motifs is 3. The summed E-state index contributed by atoms with van der Waals surface area (Å²) in [6.07, 6.45) is 4.50. The average molecular weight is 406 g/mol. The number of nitrogens with zero attached hydrogens (tertiary/aromatic N) is 2. The molecule has 0 N–H and O–H groups in total. The summed E-state index contributed by atoms with van der Waals surface area (Å²) in [5.74, 6) is 0. The van der Waals surface area contributed by atoms with Gasteiger partial charge in [-0.25, -0.2) is 4.57 Å². The second-order valence-corrected chi connectivity index (χ2v) is 8.94. The Morgan fingerprint density at radius 1 is 0.710 bits per heavy atom. The molecule has 31 heavy (non-hydrogen) atoms. The van der Waals surface area contributed by atoms with Gasteiger partial charge in [0.1, 0.15) is 7.05 Å². The predicted molar refractivity (Wildman–Crippen MR) is 131 cm³/mol. The van der Waals surface area contributed by atoms with Crippen LogP contribution in [0, 0.1) is 34.6 Å². The van der Waals surface area contributed by atoms with Crippen molar-refractivity contribution in [2.45, 2.75) is 34.6 Å². The summed E-state index contributed by atoms with van der Waals surface area (Å²) in [4.78, 5) is 0.